The van der Waals surface area contributed by atoms with Gasteiger partial charge in [-0.15, -0.1) is 13.2 Å². The van der Waals surface area contributed by atoms with E-state index in [2.05, 4.69) is 4.74 Å². The van der Waals surface area contributed by atoms with Crippen molar-refractivity contribution < 1.29 is 22.7 Å². The lowest BCUT2D eigenvalue weighted by Gasteiger charge is -2.11. The van der Waals surface area contributed by atoms with Crippen LogP contribution in [0.15, 0.2) is 18.2 Å². The summed E-state index contributed by atoms with van der Waals surface area (Å²) in [5.41, 5.74) is 4.39. The molecule has 0 saturated heterocycles. The van der Waals surface area contributed by atoms with Gasteiger partial charge in [0, 0.05) is 0 Å². The van der Waals surface area contributed by atoms with Crippen molar-refractivity contribution in [3.05, 3.63) is 29.3 Å². The van der Waals surface area contributed by atoms with Crippen LogP contribution in [0.5, 0.6) is 5.75 Å². The molecule has 0 heterocycles. The van der Waals surface area contributed by atoms with Crippen LogP contribution in [0.3, 0.4) is 0 Å². The number of amides is 1. The second-order valence-electron chi connectivity index (χ2n) is 2.73. The minimum absolute atomic E-state index is 0.0170. The molecule has 1 aromatic carbocycles. The first kappa shape index (κ1) is 11.8. The maximum Gasteiger partial charge on any atom is 0.573 e. The number of ether oxygens (including phenoxy) is 1. The quantitative estimate of drug-likeness (QED) is 0.837. The molecule has 7 heteroatoms. The zero-order valence-corrected chi connectivity index (χ0v) is 7.71. The fraction of sp³-hybridized carbons (Fsp3) is 0.111. The van der Waals surface area contributed by atoms with E-state index in [1.807, 2.05) is 0 Å². The summed E-state index contributed by atoms with van der Waals surface area (Å²) in [6.45, 7) is 0. The minimum Gasteiger partial charge on any atom is -0.405 e. The average molecular weight is 230 g/mol. The van der Waals surface area contributed by atoms with Crippen LogP contribution < -0.4 is 10.5 Å². The number of alkyl halides is 3. The highest BCUT2D eigenvalue weighted by molar-refractivity contribution is 5.96. The van der Waals surface area contributed by atoms with Crippen molar-refractivity contribution in [3.8, 4) is 11.8 Å². The Bertz CT molecular complexity index is 463. The van der Waals surface area contributed by atoms with Crippen LogP contribution in [0.25, 0.3) is 0 Å². The number of benzene rings is 1. The van der Waals surface area contributed by atoms with Gasteiger partial charge in [0.1, 0.15) is 5.75 Å². The van der Waals surface area contributed by atoms with Gasteiger partial charge in [-0.05, 0) is 18.2 Å². The summed E-state index contributed by atoms with van der Waals surface area (Å²) in [6, 6.07) is 4.56. The Morgan fingerprint density at radius 3 is 2.50 bits per heavy atom. The van der Waals surface area contributed by atoms with E-state index in [9.17, 15) is 18.0 Å². The Morgan fingerprint density at radius 1 is 1.44 bits per heavy atom. The molecule has 2 N–H and O–H groups in total. The van der Waals surface area contributed by atoms with Gasteiger partial charge >= 0.3 is 6.36 Å². The third kappa shape index (κ3) is 2.88. The fourth-order valence-electron chi connectivity index (χ4n) is 1.01. The third-order valence-electron chi connectivity index (χ3n) is 1.60. The molecule has 0 unspecified atom stereocenters. The van der Waals surface area contributed by atoms with Crippen LogP contribution in [0.1, 0.15) is 15.9 Å². The van der Waals surface area contributed by atoms with Crippen molar-refractivity contribution >= 4 is 5.91 Å². The van der Waals surface area contributed by atoms with E-state index in [0.29, 0.717) is 0 Å². The Morgan fingerprint density at radius 2 is 2.06 bits per heavy atom. The molecule has 0 aromatic heterocycles. The smallest absolute Gasteiger partial charge is 0.405 e. The van der Waals surface area contributed by atoms with Gasteiger partial charge in [-0.3, -0.25) is 4.79 Å². The highest BCUT2D eigenvalue weighted by atomic mass is 19.4. The van der Waals surface area contributed by atoms with Crippen LogP contribution in [0, 0.1) is 11.3 Å². The topological polar surface area (TPSA) is 76.1 Å². The number of rotatable bonds is 2. The van der Waals surface area contributed by atoms with E-state index < -0.39 is 23.6 Å². The van der Waals surface area contributed by atoms with Gasteiger partial charge in [0.2, 0.25) is 0 Å². The van der Waals surface area contributed by atoms with Crippen molar-refractivity contribution in [3.63, 3.8) is 0 Å². The van der Waals surface area contributed by atoms with Crippen LogP contribution >= 0.6 is 0 Å². The van der Waals surface area contributed by atoms with Gasteiger partial charge in [0.25, 0.3) is 5.91 Å². The highest BCUT2D eigenvalue weighted by Crippen LogP contribution is 2.26. The number of carbonyl (C=O) groups excluding carboxylic acids is 1. The van der Waals surface area contributed by atoms with Crippen LogP contribution in [-0.4, -0.2) is 12.3 Å². The van der Waals surface area contributed by atoms with E-state index in [1.54, 1.807) is 6.07 Å². The first-order chi connectivity index (χ1) is 7.33. The van der Waals surface area contributed by atoms with Gasteiger partial charge in [-0.25, -0.2) is 0 Å². The highest BCUT2D eigenvalue weighted by Gasteiger charge is 2.32. The SMILES string of the molecule is N#Cc1ccc(OC(F)(F)F)c(C(N)=O)c1. The van der Waals surface area contributed by atoms with Crippen LogP contribution in [-0.2, 0) is 0 Å². The van der Waals surface area contributed by atoms with E-state index in [4.69, 9.17) is 11.0 Å². The molecule has 0 aliphatic rings. The molecule has 0 aliphatic heterocycles. The Hall–Kier alpha value is -2.23. The molecule has 16 heavy (non-hydrogen) atoms. The molecule has 0 saturated carbocycles. The number of halogens is 3. The third-order valence-corrected chi connectivity index (χ3v) is 1.60. The number of hydrogen-bond acceptors (Lipinski definition) is 3. The summed E-state index contributed by atoms with van der Waals surface area (Å²) < 4.78 is 39.4. The van der Waals surface area contributed by atoms with Crippen molar-refractivity contribution in [2.75, 3.05) is 0 Å². The van der Waals surface area contributed by atoms with Gasteiger partial charge in [0.15, 0.2) is 0 Å². The maximum absolute atomic E-state index is 11.9. The summed E-state index contributed by atoms with van der Waals surface area (Å²) in [7, 11) is 0. The second-order valence-corrected chi connectivity index (χ2v) is 2.73. The Labute approximate surface area is 88.0 Å². The maximum atomic E-state index is 11.9. The van der Waals surface area contributed by atoms with Gasteiger partial charge in [-0.1, -0.05) is 0 Å². The second kappa shape index (κ2) is 4.10. The monoisotopic (exact) mass is 230 g/mol. The largest absolute Gasteiger partial charge is 0.573 e. The normalized spacial score (nSPS) is 10.6. The lowest BCUT2D eigenvalue weighted by atomic mass is 10.1. The molecule has 0 bridgehead atoms. The molecular formula is C9H5F3N2O2. The summed E-state index contributed by atoms with van der Waals surface area (Å²) in [5, 5.41) is 8.50. The van der Waals surface area contributed by atoms with E-state index >= 15 is 0 Å². The zero-order valence-electron chi connectivity index (χ0n) is 7.71. The molecule has 1 rings (SSSR count). The molecular weight excluding hydrogens is 225 g/mol. The van der Waals surface area contributed by atoms with Crippen molar-refractivity contribution in [1.82, 2.24) is 0 Å². The first-order valence-corrected chi connectivity index (χ1v) is 3.93. The van der Waals surface area contributed by atoms with Gasteiger partial charge < -0.3 is 10.5 Å². The summed E-state index contributed by atoms with van der Waals surface area (Å²) in [6.07, 6.45) is -4.92. The van der Waals surface area contributed by atoms with Crippen molar-refractivity contribution in [2.24, 2.45) is 5.73 Å². The molecule has 84 valence electrons. The Balaban J connectivity index is 3.20. The van der Waals surface area contributed by atoms with Crippen molar-refractivity contribution in [2.45, 2.75) is 6.36 Å². The lowest BCUT2D eigenvalue weighted by Crippen LogP contribution is -2.21. The molecule has 0 aliphatic carbocycles. The average Bonchev–Trinajstić information content (AvgIpc) is 2.15. The summed E-state index contributed by atoms with van der Waals surface area (Å²) >= 11 is 0. The number of nitrogens with two attached hydrogens (primary N) is 1. The number of nitrogens with zero attached hydrogens (tertiary/aromatic N) is 1. The van der Waals surface area contributed by atoms with Crippen LogP contribution in [0.2, 0.25) is 0 Å². The number of primary amides is 1. The van der Waals surface area contributed by atoms with Gasteiger partial charge in [-0.2, -0.15) is 5.26 Å². The lowest BCUT2D eigenvalue weighted by molar-refractivity contribution is -0.274. The molecule has 0 radical (unpaired) electrons. The summed E-state index contributed by atoms with van der Waals surface area (Å²) in [5.74, 6) is -1.82. The van der Waals surface area contributed by atoms with Crippen LogP contribution in [0.4, 0.5) is 13.2 Å². The number of nitriles is 1. The molecule has 0 spiro atoms. The van der Waals surface area contributed by atoms with E-state index in [1.165, 1.54) is 0 Å². The molecule has 0 atom stereocenters. The van der Waals surface area contributed by atoms with E-state index in [0.717, 1.165) is 18.2 Å². The molecule has 0 fully saturated rings. The first-order valence-electron chi connectivity index (χ1n) is 3.93. The van der Waals surface area contributed by atoms with E-state index in [-0.39, 0.29) is 5.56 Å². The Kier molecular flexibility index (Phi) is 3.04. The number of carbonyl (C=O) groups is 1. The van der Waals surface area contributed by atoms with Crippen molar-refractivity contribution in [1.29, 1.82) is 5.26 Å². The fourth-order valence-corrected chi connectivity index (χ4v) is 1.01. The molecule has 1 aromatic rings. The molecule has 4 nitrogen and oxygen atoms in total. The number of hydrogen-bond donors (Lipinski definition) is 1. The predicted octanol–water partition coefficient (Wildman–Crippen LogP) is 1.56. The molecule has 1 amide bonds. The predicted molar refractivity (Wildman–Crippen MR) is 46.4 cm³/mol. The standard InChI is InChI=1S/C9H5F3N2O2/c10-9(11,12)16-7-2-1-5(4-13)3-6(7)8(14)15/h1-3H,(H2,14,15). The zero-order chi connectivity index (χ0) is 12.3. The summed E-state index contributed by atoms with van der Waals surface area (Å²) in [4.78, 5) is 10.8. The van der Waals surface area contributed by atoms with Gasteiger partial charge in [0.05, 0.1) is 17.2 Å². The minimum atomic E-state index is -4.92.